The van der Waals surface area contributed by atoms with E-state index < -0.39 is 6.10 Å². The van der Waals surface area contributed by atoms with Gasteiger partial charge in [-0.05, 0) is 116 Å². The molecule has 464 valence electrons. The second-order valence-corrected chi connectivity index (χ2v) is 22.7. The number of hydrogen-bond donors (Lipinski definition) is 0. The molecular weight excluding hydrogens is 997 g/mol. The van der Waals surface area contributed by atoms with Crippen LogP contribution in [0.1, 0.15) is 329 Å². The summed E-state index contributed by atoms with van der Waals surface area (Å²) in [4.78, 5) is 38.3. The van der Waals surface area contributed by atoms with Gasteiger partial charge in [0, 0.05) is 19.3 Å². The number of allylic oxidation sites excluding steroid dienone is 18. The zero-order valence-corrected chi connectivity index (χ0v) is 53.3. The number of unbranched alkanes of at least 4 members (excludes halogenated alkanes) is 33. The minimum atomic E-state index is -0.816. The van der Waals surface area contributed by atoms with E-state index in [9.17, 15) is 14.4 Å². The summed E-state index contributed by atoms with van der Waals surface area (Å²) in [6.45, 7) is 6.46. The van der Waals surface area contributed by atoms with Gasteiger partial charge in [-0.15, -0.1) is 0 Å². The first-order valence-corrected chi connectivity index (χ1v) is 34.4. The predicted molar refractivity (Wildman–Crippen MR) is 353 cm³/mol. The van der Waals surface area contributed by atoms with Crippen molar-refractivity contribution in [1.29, 1.82) is 0 Å². The Labute approximate surface area is 501 Å². The maximum atomic E-state index is 12.9. The normalized spacial score (nSPS) is 12.8. The SMILES string of the molecule is CC/C=C\C/C=C\C/C=C\C/C=C\CCC(=O)OCC(COC(=O)CCCCCCCCCCCCCCCCCCC/C=C\C/C=C\CCCCCCC)OC(=O)CCCCCCCC/C=C\C/C=C\C/C=C\CCCCCCC. The molecule has 1 atom stereocenters. The Morgan fingerprint density at radius 1 is 0.259 bits per heavy atom. The van der Waals surface area contributed by atoms with Gasteiger partial charge in [0.1, 0.15) is 13.2 Å². The van der Waals surface area contributed by atoms with Crippen LogP contribution in [0.5, 0.6) is 0 Å². The second kappa shape index (κ2) is 68.6. The van der Waals surface area contributed by atoms with Crippen LogP contribution in [0.2, 0.25) is 0 Å². The van der Waals surface area contributed by atoms with E-state index in [4.69, 9.17) is 14.2 Å². The number of carbonyl (C=O) groups is 3. The molecule has 0 aliphatic rings. The fourth-order valence-corrected chi connectivity index (χ4v) is 9.61. The van der Waals surface area contributed by atoms with Crippen LogP contribution in [0.3, 0.4) is 0 Å². The first kappa shape index (κ1) is 77.1. The lowest BCUT2D eigenvalue weighted by molar-refractivity contribution is -0.166. The van der Waals surface area contributed by atoms with E-state index in [1.807, 2.05) is 6.08 Å². The summed E-state index contributed by atoms with van der Waals surface area (Å²) < 4.78 is 16.9. The highest BCUT2D eigenvalue weighted by Gasteiger charge is 2.19. The summed E-state index contributed by atoms with van der Waals surface area (Å²) in [6, 6.07) is 0. The van der Waals surface area contributed by atoms with Crippen molar-refractivity contribution in [2.75, 3.05) is 13.2 Å². The third kappa shape index (κ3) is 66.8. The molecule has 0 aliphatic heterocycles. The van der Waals surface area contributed by atoms with Gasteiger partial charge in [-0.3, -0.25) is 14.4 Å². The average Bonchev–Trinajstić information content (AvgIpc) is 3.46. The topological polar surface area (TPSA) is 78.9 Å². The number of hydrogen-bond acceptors (Lipinski definition) is 6. The Morgan fingerprint density at radius 2 is 0.506 bits per heavy atom. The average molecular weight is 1130 g/mol. The zero-order valence-electron chi connectivity index (χ0n) is 53.3. The fraction of sp³-hybridized carbons (Fsp3) is 0.720. The Morgan fingerprint density at radius 3 is 0.827 bits per heavy atom. The minimum absolute atomic E-state index is 0.105. The monoisotopic (exact) mass is 1120 g/mol. The minimum Gasteiger partial charge on any atom is -0.462 e. The molecule has 0 aromatic carbocycles. The van der Waals surface area contributed by atoms with Crippen molar-refractivity contribution in [3.05, 3.63) is 109 Å². The van der Waals surface area contributed by atoms with Crippen LogP contribution in [0, 0.1) is 0 Å². The molecule has 81 heavy (non-hydrogen) atoms. The molecule has 0 fully saturated rings. The lowest BCUT2D eigenvalue weighted by Gasteiger charge is -2.18. The molecule has 0 aromatic heterocycles. The molecule has 6 heteroatoms. The number of carbonyl (C=O) groups excluding carboxylic acids is 3. The molecule has 0 spiro atoms. The van der Waals surface area contributed by atoms with Gasteiger partial charge in [0.2, 0.25) is 0 Å². The highest BCUT2D eigenvalue weighted by atomic mass is 16.6. The standard InChI is InChI=1S/C75H128O6/c1-4-7-10-13-16-19-22-25-27-29-31-33-34-35-36-37-38-39-40-42-43-45-47-50-53-56-59-62-65-68-74(77)80-71-72(70-79-73(76)67-64-61-58-55-52-49-24-21-18-15-12-9-6-3)81-75(78)69-66-63-60-57-54-51-48-46-44-41-32-30-28-26-23-20-17-14-11-8-5-2/h9,12,18,21-23,25-26,29-32,44,46,49,52,58,61,72H,4-8,10-11,13-17,19-20,24,27-28,33-43,45,47-48,50-51,53-57,59-60,62-71H2,1-3H3/b12-9-,21-18-,25-22-,26-23-,31-29-,32-30-,46-44-,52-49-,61-58-. The van der Waals surface area contributed by atoms with Crippen LogP contribution in [-0.2, 0) is 28.6 Å². The molecular formula is C75H128O6. The van der Waals surface area contributed by atoms with Crippen LogP contribution in [0.15, 0.2) is 109 Å². The van der Waals surface area contributed by atoms with Crippen molar-refractivity contribution in [1.82, 2.24) is 0 Å². The number of rotatable bonds is 62. The van der Waals surface area contributed by atoms with Crippen LogP contribution >= 0.6 is 0 Å². The summed E-state index contributed by atoms with van der Waals surface area (Å²) in [5.41, 5.74) is 0. The first-order chi connectivity index (χ1) is 40.0. The van der Waals surface area contributed by atoms with Crippen molar-refractivity contribution >= 4 is 17.9 Å². The summed E-state index contributed by atoms with van der Waals surface area (Å²) in [6.07, 6.45) is 94.2. The first-order valence-electron chi connectivity index (χ1n) is 34.4. The lowest BCUT2D eigenvalue weighted by Crippen LogP contribution is -2.30. The second-order valence-electron chi connectivity index (χ2n) is 22.7. The van der Waals surface area contributed by atoms with E-state index in [0.717, 1.165) is 96.3 Å². The quantitative estimate of drug-likeness (QED) is 0.0261. The molecule has 0 N–H and O–H groups in total. The molecule has 0 amide bonds. The highest BCUT2D eigenvalue weighted by molar-refractivity contribution is 5.71. The molecule has 0 aliphatic carbocycles. The summed E-state index contributed by atoms with van der Waals surface area (Å²) >= 11 is 0. The maximum Gasteiger partial charge on any atom is 0.306 e. The highest BCUT2D eigenvalue weighted by Crippen LogP contribution is 2.17. The van der Waals surface area contributed by atoms with E-state index in [1.165, 1.54) is 186 Å². The van der Waals surface area contributed by atoms with Gasteiger partial charge in [0.25, 0.3) is 0 Å². The van der Waals surface area contributed by atoms with Crippen LogP contribution < -0.4 is 0 Å². The van der Waals surface area contributed by atoms with Gasteiger partial charge >= 0.3 is 17.9 Å². The Bertz CT molecular complexity index is 1620. The van der Waals surface area contributed by atoms with E-state index >= 15 is 0 Å². The fourth-order valence-electron chi connectivity index (χ4n) is 9.61. The smallest absolute Gasteiger partial charge is 0.306 e. The molecule has 0 radical (unpaired) electrons. The van der Waals surface area contributed by atoms with Gasteiger partial charge in [0.05, 0.1) is 0 Å². The van der Waals surface area contributed by atoms with E-state index in [0.29, 0.717) is 19.3 Å². The molecule has 0 aromatic rings. The van der Waals surface area contributed by atoms with Gasteiger partial charge in [0.15, 0.2) is 6.10 Å². The maximum absolute atomic E-state index is 12.9. The largest absolute Gasteiger partial charge is 0.462 e. The van der Waals surface area contributed by atoms with Gasteiger partial charge in [-0.25, -0.2) is 0 Å². The predicted octanol–water partition coefficient (Wildman–Crippen LogP) is 23.8. The molecule has 0 rings (SSSR count). The number of esters is 3. The molecule has 0 bridgehead atoms. The molecule has 0 saturated heterocycles. The molecule has 0 heterocycles. The zero-order chi connectivity index (χ0) is 58.5. The van der Waals surface area contributed by atoms with Gasteiger partial charge in [-0.2, -0.15) is 0 Å². The number of ether oxygens (including phenoxy) is 3. The third-order valence-electron chi connectivity index (χ3n) is 14.7. The Balaban J connectivity index is 4.30. The lowest BCUT2D eigenvalue weighted by atomic mass is 10.0. The van der Waals surface area contributed by atoms with Crippen molar-refractivity contribution in [3.8, 4) is 0 Å². The Kier molecular flexibility index (Phi) is 65.2. The third-order valence-corrected chi connectivity index (χ3v) is 14.7. The van der Waals surface area contributed by atoms with Crippen LogP contribution in [-0.4, -0.2) is 37.2 Å². The van der Waals surface area contributed by atoms with Gasteiger partial charge < -0.3 is 14.2 Å². The van der Waals surface area contributed by atoms with Crippen LogP contribution in [0.4, 0.5) is 0 Å². The van der Waals surface area contributed by atoms with E-state index in [1.54, 1.807) is 0 Å². The van der Waals surface area contributed by atoms with Crippen molar-refractivity contribution in [2.45, 2.75) is 335 Å². The van der Waals surface area contributed by atoms with Crippen LogP contribution in [0.25, 0.3) is 0 Å². The molecule has 1 unspecified atom stereocenters. The van der Waals surface area contributed by atoms with E-state index in [-0.39, 0.29) is 37.5 Å². The summed E-state index contributed by atoms with van der Waals surface area (Å²) in [7, 11) is 0. The van der Waals surface area contributed by atoms with Gasteiger partial charge in [-0.1, -0.05) is 304 Å². The molecule has 0 saturated carbocycles. The van der Waals surface area contributed by atoms with Crippen molar-refractivity contribution < 1.29 is 28.6 Å². The summed E-state index contributed by atoms with van der Waals surface area (Å²) in [5.74, 6) is -0.993. The summed E-state index contributed by atoms with van der Waals surface area (Å²) in [5, 5.41) is 0. The van der Waals surface area contributed by atoms with E-state index in [2.05, 4.69) is 124 Å². The molecule has 6 nitrogen and oxygen atoms in total. The van der Waals surface area contributed by atoms with Crippen molar-refractivity contribution in [3.63, 3.8) is 0 Å². The Hall–Kier alpha value is -3.93. The van der Waals surface area contributed by atoms with Crippen molar-refractivity contribution in [2.24, 2.45) is 0 Å².